The van der Waals surface area contributed by atoms with E-state index in [4.69, 9.17) is 5.11 Å². The van der Waals surface area contributed by atoms with Gasteiger partial charge in [0.15, 0.2) is 0 Å². The van der Waals surface area contributed by atoms with Crippen molar-refractivity contribution < 1.29 is 33.8 Å². The van der Waals surface area contributed by atoms with Crippen LogP contribution in [0.15, 0.2) is 30.5 Å². The smallest absolute Gasteiger partial charge is 0.342 e. The number of carbonyl (C=O) groups is 3. The first-order valence-electron chi connectivity index (χ1n) is 11.0. The molecular formula is C22H33N4O7P. The molecule has 0 radical (unpaired) electrons. The largest absolute Gasteiger partial charge is 0.480 e. The van der Waals surface area contributed by atoms with Crippen molar-refractivity contribution in [1.29, 1.82) is 0 Å². The summed E-state index contributed by atoms with van der Waals surface area (Å²) < 4.78 is 11.6. The van der Waals surface area contributed by atoms with E-state index in [1.165, 1.54) is 13.8 Å². The number of amides is 2. The van der Waals surface area contributed by atoms with E-state index < -0.39 is 49.3 Å². The highest BCUT2D eigenvalue weighted by molar-refractivity contribution is 7.52. The number of aromatic amines is 1. The quantitative estimate of drug-likeness (QED) is 0.215. The zero-order chi connectivity index (χ0) is 25.6. The van der Waals surface area contributed by atoms with E-state index in [-0.39, 0.29) is 18.8 Å². The van der Waals surface area contributed by atoms with Crippen molar-refractivity contribution in [2.24, 2.45) is 5.92 Å². The van der Waals surface area contributed by atoms with Crippen molar-refractivity contribution in [3.63, 3.8) is 0 Å². The number of hydrogen-bond donors (Lipinski definition) is 7. The van der Waals surface area contributed by atoms with Gasteiger partial charge in [-0.05, 0) is 37.8 Å². The van der Waals surface area contributed by atoms with Gasteiger partial charge < -0.3 is 30.5 Å². The molecule has 1 aromatic heterocycles. The minimum absolute atomic E-state index is 0.0140. The molecule has 1 aromatic carbocycles. The molecule has 2 amide bonds. The molecule has 0 fully saturated rings. The molecule has 0 saturated heterocycles. The molecule has 34 heavy (non-hydrogen) atoms. The fraction of sp³-hybridized carbons (Fsp3) is 0.500. The lowest BCUT2D eigenvalue weighted by molar-refractivity contribution is -0.141. The van der Waals surface area contributed by atoms with Crippen LogP contribution in [0.2, 0.25) is 0 Å². The highest BCUT2D eigenvalue weighted by Gasteiger charge is 2.32. The van der Waals surface area contributed by atoms with Crippen LogP contribution in [0.3, 0.4) is 0 Å². The standard InChI is InChI=1S/C22H33N4O7P/c1-12(2)9-18(25-14(4)34(31,32)33)21(28)26-19(20(27)24-13(3)22(29)30)10-15-11-23-17-8-6-5-7-16(15)17/h5-8,11-14,18-19,23,25H,9-10H2,1-4H3,(H,24,27)(H,26,28)(H,29,30)(H2,31,32,33)/t13-,14-,18-,19?/m0/s1. The second-order valence-electron chi connectivity index (χ2n) is 8.81. The maximum atomic E-state index is 13.1. The fourth-order valence-electron chi connectivity index (χ4n) is 3.49. The predicted molar refractivity (Wildman–Crippen MR) is 127 cm³/mol. The Morgan fingerprint density at radius 2 is 1.62 bits per heavy atom. The Morgan fingerprint density at radius 1 is 1.00 bits per heavy atom. The van der Waals surface area contributed by atoms with Gasteiger partial charge in [-0.3, -0.25) is 24.3 Å². The van der Waals surface area contributed by atoms with Crippen LogP contribution in [-0.4, -0.2) is 61.6 Å². The average Bonchev–Trinajstić information content (AvgIpc) is 3.14. The van der Waals surface area contributed by atoms with Gasteiger partial charge >= 0.3 is 13.6 Å². The van der Waals surface area contributed by atoms with E-state index in [2.05, 4.69) is 20.9 Å². The molecule has 0 bridgehead atoms. The number of hydrogen-bond acceptors (Lipinski definition) is 5. The van der Waals surface area contributed by atoms with Gasteiger partial charge in [0.2, 0.25) is 11.8 Å². The first kappa shape index (κ1) is 27.5. The Labute approximate surface area is 197 Å². The number of carbonyl (C=O) groups excluding carboxylic acids is 2. The third kappa shape index (κ3) is 7.66. The summed E-state index contributed by atoms with van der Waals surface area (Å²) in [6.45, 7) is 6.31. The van der Waals surface area contributed by atoms with Gasteiger partial charge in [0.25, 0.3) is 0 Å². The van der Waals surface area contributed by atoms with Gasteiger partial charge in [-0.15, -0.1) is 0 Å². The second kappa shape index (κ2) is 11.6. The molecule has 4 atom stereocenters. The molecule has 0 aliphatic heterocycles. The van der Waals surface area contributed by atoms with Gasteiger partial charge in [0, 0.05) is 23.5 Å². The van der Waals surface area contributed by atoms with E-state index in [1.807, 2.05) is 38.1 Å². The molecular weight excluding hydrogens is 463 g/mol. The maximum Gasteiger partial charge on any atom is 0.342 e. The van der Waals surface area contributed by atoms with Crippen molar-refractivity contribution in [3.05, 3.63) is 36.0 Å². The van der Waals surface area contributed by atoms with Gasteiger partial charge in [-0.1, -0.05) is 32.0 Å². The number of fused-ring (bicyclic) bond motifs is 1. The maximum absolute atomic E-state index is 13.1. The number of H-pyrrole nitrogens is 1. The molecule has 2 aromatic rings. The third-order valence-corrected chi connectivity index (χ3v) is 6.59. The van der Waals surface area contributed by atoms with E-state index in [9.17, 15) is 28.7 Å². The summed E-state index contributed by atoms with van der Waals surface area (Å²) >= 11 is 0. The molecule has 1 heterocycles. The van der Waals surface area contributed by atoms with E-state index in [1.54, 1.807) is 6.20 Å². The van der Waals surface area contributed by atoms with E-state index in [0.29, 0.717) is 0 Å². The molecule has 188 valence electrons. The third-order valence-electron chi connectivity index (χ3n) is 5.43. The monoisotopic (exact) mass is 496 g/mol. The van der Waals surface area contributed by atoms with E-state index >= 15 is 0 Å². The van der Waals surface area contributed by atoms with Crippen LogP contribution in [0, 0.1) is 5.92 Å². The van der Waals surface area contributed by atoms with Crippen molar-refractivity contribution >= 4 is 36.3 Å². The number of rotatable bonds is 12. The van der Waals surface area contributed by atoms with Gasteiger partial charge in [-0.25, -0.2) is 0 Å². The Hall–Kier alpha value is -2.72. The van der Waals surface area contributed by atoms with Crippen LogP contribution in [0.4, 0.5) is 0 Å². The Bertz CT molecular complexity index is 1060. The minimum atomic E-state index is -4.49. The lowest BCUT2D eigenvalue weighted by Gasteiger charge is -2.27. The van der Waals surface area contributed by atoms with Crippen molar-refractivity contribution in [1.82, 2.24) is 20.9 Å². The molecule has 0 aliphatic carbocycles. The summed E-state index contributed by atoms with van der Waals surface area (Å²) in [4.78, 5) is 59.3. The van der Waals surface area contributed by atoms with Gasteiger partial charge in [0.05, 0.1) is 6.04 Å². The minimum Gasteiger partial charge on any atom is -0.480 e. The normalized spacial score (nSPS) is 15.5. The number of carboxylic acids is 1. The lowest BCUT2D eigenvalue weighted by atomic mass is 10.0. The lowest BCUT2D eigenvalue weighted by Crippen LogP contribution is -2.56. The van der Waals surface area contributed by atoms with Gasteiger partial charge in [0.1, 0.15) is 17.9 Å². The summed E-state index contributed by atoms with van der Waals surface area (Å²) in [5.41, 5.74) is 1.59. The molecule has 11 nitrogen and oxygen atoms in total. The second-order valence-corrected chi connectivity index (χ2v) is 10.8. The fourth-order valence-corrected chi connectivity index (χ4v) is 3.86. The number of benzene rings is 1. The Kier molecular flexibility index (Phi) is 9.40. The molecule has 0 spiro atoms. The highest BCUT2D eigenvalue weighted by atomic mass is 31.2. The van der Waals surface area contributed by atoms with Gasteiger partial charge in [-0.2, -0.15) is 0 Å². The van der Waals surface area contributed by atoms with Crippen molar-refractivity contribution in [2.45, 2.75) is 64.4 Å². The average molecular weight is 497 g/mol. The predicted octanol–water partition coefficient (Wildman–Crippen LogP) is 1.31. The van der Waals surface area contributed by atoms with Crippen LogP contribution >= 0.6 is 7.60 Å². The Morgan fingerprint density at radius 3 is 2.21 bits per heavy atom. The highest BCUT2D eigenvalue weighted by Crippen LogP contribution is 2.39. The zero-order valence-corrected chi connectivity index (χ0v) is 20.5. The summed E-state index contributed by atoms with van der Waals surface area (Å²) in [6, 6.07) is 4.16. The Balaban J connectivity index is 2.30. The first-order valence-corrected chi connectivity index (χ1v) is 12.7. The molecule has 12 heteroatoms. The number of nitrogens with one attached hydrogen (secondary N) is 4. The molecule has 7 N–H and O–H groups in total. The topological polar surface area (TPSA) is 181 Å². The summed E-state index contributed by atoms with van der Waals surface area (Å²) in [6.07, 6.45) is 2.07. The summed E-state index contributed by atoms with van der Waals surface area (Å²) in [7, 11) is -4.49. The van der Waals surface area contributed by atoms with Crippen LogP contribution in [0.25, 0.3) is 10.9 Å². The SMILES string of the molecule is CC(C)C[C@H](N[C@H](C)P(=O)(O)O)C(=O)NC(Cc1c[nH]c2ccccc12)C(=O)N[C@@H](C)C(=O)O. The van der Waals surface area contributed by atoms with E-state index in [0.717, 1.165) is 16.5 Å². The molecule has 1 unspecified atom stereocenters. The van der Waals surface area contributed by atoms with Crippen LogP contribution in [-0.2, 0) is 25.4 Å². The van der Waals surface area contributed by atoms with Crippen molar-refractivity contribution in [2.75, 3.05) is 0 Å². The number of aromatic nitrogens is 1. The molecule has 0 saturated carbocycles. The number of aliphatic carboxylic acids is 1. The summed E-state index contributed by atoms with van der Waals surface area (Å²) in [5.74, 6) is -3.77. The molecule has 2 rings (SSSR count). The molecule has 0 aliphatic rings. The zero-order valence-electron chi connectivity index (χ0n) is 19.6. The van der Waals surface area contributed by atoms with Crippen LogP contribution in [0.5, 0.6) is 0 Å². The van der Waals surface area contributed by atoms with Crippen LogP contribution in [0.1, 0.15) is 39.7 Å². The first-order chi connectivity index (χ1) is 15.8. The summed E-state index contributed by atoms with van der Waals surface area (Å²) in [5, 5.41) is 17.7. The van der Waals surface area contributed by atoms with Crippen LogP contribution < -0.4 is 16.0 Å². The van der Waals surface area contributed by atoms with Crippen molar-refractivity contribution in [3.8, 4) is 0 Å². The number of para-hydroxylation sites is 1. The number of carboxylic acid groups (broad SMARTS) is 1.